The lowest BCUT2D eigenvalue weighted by molar-refractivity contribution is -0.149. The average molecular weight is 476 g/mol. The SMILES string of the molecule is NC(=O)CCC(NC(=O)C(N)CCC(=O)O)C(=O)NC(CS)C(=O)N1CCCC1C(=O)O. The Labute approximate surface area is 189 Å². The van der Waals surface area contributed by atoms with Gasteiger partial charge in [0.1, 0.15) is 18.1 Å². The number of aliphatic carboxylic acids is 2. The molecule has 0 aromatic carbocycles. The third kappa shape index (κ3) is 8.34. The smallest absolute Gasteiger partial charge is 0.326 e. The highest BCUT2D eigenvalue weighted by atomic mass is 32.1. The standard InChI is InChI=1S/C18H29N5O8S/c19-9(3-6-14(25)26)15(27)21-10(4-5-13(20)24)16(28)22-11(8-32)17(29)23-7-1-2-12(23)18(30)31/h9-12,32H,1-8,19H2,(H2,20,24)(H,21,27)(H,22,28)(H,25,26)(H,30,31). The number of primary amides is 1. The summed E-state index contributed by atoms with van der Waals surface area (Å²) in [6.45, 7) is 0.218. The number of nitrogens with one attached hydrogen (secondary N) is 2. The van der Waals surface area contributed by atoms with E-state index in [4.69, 9.17) is 16.6 Å². The number of likely N-dealkylation sites (tertiary alicyclic amines) is 1. The molecule has 8 N–H and O–H groups in total. The van der Waals surface area contributed by atoms with Gasteiger partial charge in [0.25, 0.3) is 0 Å². The molecule has 0 radical (unpaired) electrons. The molecular weight excluding hydrogens is 446 g/mol. The van der Waals surface area contributed by atoms with Crippen LogP contribution >= 0.6 is 12.6 Å². The molecule has 4 unspecified atom stereocenters. The molecule has 13 nitrogen and oxygen atoms in total. The maximum Gasteiger partial charge on any atom is 0.326 e. The second kappa shape index (κ2) is 12.9. The van der Waals surface area contributed by atoms with Gasteiger partial charge in [0.2, 0.25) is 23.6 Å². The van der Waals surface area contributed by atoms with Gasteiger partial charge in [0.05, 0.1) is 6.04 Å². The van der Waals surface area contributed by atoms with Crippen LogP contribution in [0.2, 0.25) is 0 Å². The Morgan fingerprint density at radius 3 is 2.16 bits per heavy atom. The first-order valence-corrected chi connectivity index (χ1v) is 10.6. The first kappa shape index (κ1) is 27.2. The molecule has 180 valence electrons. The zero-order valence-electron chi connectivity index (χ0n) is 17.4. The number of hydrogen-bond donors (Lipinski definition) is 7. The maximum absolute atomic E-state index is 12.8. The number of carbonyl (C=O) groups is 6. The van der Waals surface area contributed by atoms with E-state index in [0.29, 0.717) is 12.8 Å². The van der Waals surface area contributed by atoms with E-state index in [1.807, 2.05) is 0 Å². The molecular formula is C18H29N5O8S. The fourth-order valence-corrected chi connectivity index (χ4v) is 3.44. The van der Waals surface area contributed by atoms with E-state index in [-0.39, 0.29) is 38.0 Å². The summed E-state index contributed by atoms with van der Waals surface area (Å²) in [5.74, 6) is -5.41. The van der Waals surface area contributed by atoms with Crippen LogP contribution in [0.25, 0.3) is 0 Å². The largest absolute Gasteiger partial charge is 0.481 e. The Balaban J connectivity index is 2.87. The van der Waals surface area contributed by atoms with Gasteiger partial charge in [-0.15, -0.1) is 0 Å². The summed E-state index contributed by atoms with van der Waals surface area (Å²) in [6.07, 6.45) is -0.178. The molecule has 32 heavy (non-hydrogen) atoms. The summed E-state index contributed by atoms with van der Waals surface area (Å²) < 4.78 is 0. The minimum atomic E-state index is -1.28. The normalized spacial score (nSPS) is 18.3. The van der Waals surface area contributed by atoms with Crippen LogP contribution in [0.1, 0.15) is 38.5 Å². The molecule has 0 aromatic heterocycles. The Morgan fingerprint density at radius 1 is 1.00 bits per heavy atom. The molecule has 4 atom stereocenters. The monoisotopic (exact) mass is 475 g/mol. The van der Waals surface area contributed by atoms with Crippen molar-refractivity contribution in [3.05, 3.63) is 0 Å². The lowest BCUT2D eigenvalue weighted by Gasteiger charge is -2.28. The van der Waals surface area contributed by atoms with Gasteiger partial charge in [-0.3, -0.25) is 24.0 Å². The summed E-state index contributed by atoms with van der Waals surface area (Å²) >= 11 is 4.06. The van der Waals surface area contributed by atoms with Gasteiger partial charge < -0.3 is 37.2 Å². The number of carboxylic acids is 2. The van der Waals surface area contributed by atoms with E-state index in [9.17, 15) is 33.9 Å². The van der Waals surface area contributed by atoms with E-state index in [0.717, 1.165) is 4.90 Å². The van der Waals surface area contributed by atoms with Gasteiger partial charge in [-0.05, 0) is 25.7 Å². The lowest BCUT2D eigenvalue weighted by atomic mass is 10.1. The molecule has 0 aliphatic carbocycles. The van der Waals surface area contributed by atoms with E-state index in [2.05, 4.69) is 23.3 Å². The van der Waals surface area contributed by atoms with Crippen molar-refractivity contribution in [3.8, 4) is 0 Å². The molecule has 0 saturated carbocycles. The second-order valence-electron chi connectivity index (χ2n) is 7.38. The molecule has 1 aliphatic rings. The highest BCUT2D eigenvalue weighted by molar-refractivity contribution is 7.80. The van der Waals surface area contributed by atoms with Gasteiger partial charge in [-0.25, -0.2) is 4.79 Å². The Morgan fingerprint density at radius 2 is 1.62 bits per heavy atom. The molecule has 14 heteroatoms. The second-order valence-corrected chi connectivity index (χ2v) is 7.74. The number of rotatable bonds is 13. The van der Waals surface area contributed by atoms with Gasteiger partial charge in [0, 0.05) is 25.1 Å². The van der Waals surface area contributed by atoms with Crippen LogP contribution in [0, 0.1) is 0 Å². The number of nitrogens with zero attached hydrogens (tertiary/aromatic N) is 1. The number of nitrogens with two attached hydrogens (primary N) is 2. The van der Waals surface area contributed by atoms with Gasteiger partial charge in [-0.1, -0.05) is 0 Å². The minimum Gasteiger partial charge on any atom is -0.481 e. The summed E-state index contributed by atoms with van der Waals surface area (Å²) in [4.78, 5) is 72.0. The van der Waals surface area contributed by atoms with E-state index in [1.54, 1.807) is 0 Å². The van der Waals surface area contributed by atoms with Gasteiger partial charge in [0.15, 0.2) is 0 Å². The average Bonchev–Trinajstić information content (AvgIpc) is 3.22. The van der Waals surface area contributed by atoms with Crippen LogP contribution in [0.4, 0.5) is 0 Å². The quantitative estimate of drug-likeness (QED) is 0.139. The van der Waals surface area contributed by atoms with Crippen LogP contribution in [-0.2, 0) is 28.8 Å². The van der Waals surface area contributed by atoms with Crippen molar-refractivity contribution < 1.29 is 39.0 Å². The molecule has 1 fully saturated rings. The first-order valence-electron chi connectivity index (χ1n) is 9.98. The predicted octanol–water partition coefficient (Wildman–Crippen LogP) is -2.58. The zero-order valence-corrected chi connectivity index (χ0v) is 18.3. The van der Waals surface area contributed by atoms with Crippen LogP contribution in [0.15, 0.2) is 0 Å². The molecule has 1 heterocycles. The van der Waals surface area contributed by atoms with Crippen molar-refractivity contribution >= 4 is 48.2 Å². The fraction of sp³-hybridized carbons (Fsp3) is 0.667. The van der Waals surface area contributed by atoms with Gasteiger partial charge in [-0.2, -0.15) is 12.6 Å². The summed E-state index contributed by atoms with van der Waals surface area (Å²) in [7, 11) is 0. The zero-order chi connectivity index (χ0) is 24.4. The van der Waals surface area contributed by atoms with Crippen molar-refractivity contribution in [1.82, 2.24) is 15.5 Å². The molecule has 1 aliphatic heterocycles. The van der Waals surface area contributed by atoms with Crippen molar-refractivity contribution in [2.45, 2.75) is 62.7 Å². The molecule has 4 amide bonds. The minimum absolute atomic E-state index is 0.137. The fourth-order valence-electron chi connectivity index (χ4n) is 3.19. The Bertz CT molecular complexity index is 749. The van der Waals surface area contributed by atoms with E-state index >= 15 is 0 Å². The number of carboxylic acid groups (broad SMARTS) is 2. The van der Waals surface area contributed by atoms with Crippen LogP contribution < -0.4 is 22.1 Å². The number of thiol groups is 1. The molecule has 1 rings (SSSR count). The highest BCUT2D eigenvalue weighted by Gasteiger charge is 2.38. The maximum atomic E-state index is 12.8. The van der Waals surface area contributed by atoms with E-state index < -0.39 is 59.7 Å². The van der Waals surface area contributed by atoms with Crippen molar-refractivity contribution in [2.75, 3.05) is 12.3 Å². The number of hydrogen-bond acceptors (Lipinski definition) is 8. The molecule has 0 aromatic rings. The molecule has 0 spiro atoms. The topological polar surface area (TPSA) is 222 Å². The molecule has 1 saturated heterocycles. The Kier molecular flexibility index (Phi) is 10.9. The summed E-state index contributed by atoms with van der Waals surface area (Å²) in [5.41, 5.74) is 10.8. The van der Waals surface area contributed by atoms with Crippen LogP contribution in [0.5, 0.6) is 0 Å². The molecule has 0 bridgehead atoms. The number of amides is 4. The van der Waals surface area contributed by atoms with Crippen molar-refractivity contribution in [1.29, 1.82) is 0 Å². The van der Waals surface area contributed by atoms with Crippen molar-refractivity contribution in [3.63, 3.8) is 0 Å². The highest BCUT2D eigenvalue weighted by Crippen LogP contribution is 2.19. The van der Waals surface area contributed by atoms with Crippen LogP contribution in [0.3, 0.4) is 0 Å². The van der Waals surface area contributed by atoms with Gasteiger partial charge >= 0.3 is 11.9 Å². The van der Waals surface area contributed by atoms with Crippen LogP contribution in [-0.4, -0.2) is 87.1 Å². The third-order valence-electron chi connectivity index (χ3n) is 4.94. The predicted molar refractivity (Wildman–Crippen MR) is 113 cm³/mol. The summed E-state index contributed by atoms with van der Waals surface area (Å²) in [5, 5.41) is 22.7. The van der Waals surface area contributed by atoms with E-state index in [1.165, 1.54) is 0 Å². The van der Waals surface area contributed by atoms with Crippen molar-refractivity contribution in [2.24, 2.45) is 11.5 Å². The Hall–Kier alpha value is -2.87. The first-order chi connectivity index (χ1) is 15.0. The summed E-state index contributed by atoms with van der Waals surface area (Å²) in [6, 6.07) is -4.66. The third-order valence-corrected chi connectivity index (χ3v) is 5.30. The lowest BCUT2D eigenvalue weighted by Crippen LogP contribution is -2.57. The number of carbonyl (C=O) groups excluding carboxylic acids is 4.